The smallest absolute Gasteiger partial charge is 0.331 e. The van der Waals surface area contributed by atoms with Crippen molar-refractivity contribution in [2.45, 2.75) is 26.4 Å². The molecule has 3 N–H and O–H groups in total. The van der Waals surface area contributed by atoms with Crippen LogP contribution in [-0.4, -0.2) is 26.6 Å². The van der Waals surface area contributed by atoms with Crippen LogP contribution < -0.4 is 16.6 Å². The summed E-state index contributed by atoms with van der Waals surface area (Å²) in [4.78, 5) is 35.0. The fraction of sp³-hybridized carbons (Fsp3) is 0.444. The van der Waals surface area contributed by atoms with Gasteiger partial charge in [-0.15, -0.1) is 0 Å². The Morgan fingerprint density at radius 2 is 2.12 bits per heavy atom. The molecule has 0 unspecified atom stereocenters. The number of hydrogen-bond donors (Lipinski definition) is 3. The number of halogens is 1. The lowest BCUT2D eigenvalue weighted by Crippen LogP contribution is -2.39. The Hall–Kier alpha value is -2.12. The van der Waals surface area contributed by atoms with Gasteiger partial charge >= 0.3 is 5.69 Å². The van der Waals surface area contributed by atoms with E-state index in [0.717, 1.165) is 0 Å². The summed E-state index contributed by atoms with van der Waals surface area (Å²) in [6.07, 6.45) is 0. The van der Waals surface area contributed by atoms with Gasteiger partial charge in [0, 0.05) is 6.04 Å². The van der Waals surface area contributed by atoms with E-state index in [1.807, 2.05) is 0 Å². The lowest BCUT2D eigenvalue weighted by atomic mass is 10.4. The monoisotopic (exact) mass is 245 g/mol. The van der Waals surface area contributed by atoms with E-state index in [1.165, 1.54) is 0 Å². The van der Waals surface area contributed by atoms with E-state index < -0.39 is 35.4 Å². The second kappa shape index (κ2) is 4.81. The molecule has 0 radical (unpaired) electrons. The number of aromatic hydroxyl groups is 1. The number of hydrogen-bond acceptors (Lipinski definition) is 4. The summed E-state index contributed by atoms with van der Waals surface area (Å²) in [5, 5.41) is 11.7. The number of aromatic amines is 1. The van der Waals surface area contributed by atoms with Crippen LogP contribution in [0.25, 0.3) is 0 Å². The van der Waals surface area contributed by atoms with Crippen LogP contribution in [0.1, 0.15) is 13.8 Å². The van der Waals surface area contributed by atoms with E-state index in [1.54, 1.807) is 18.8 Å². The molecule has 0 saturated heterocycles. The predicted molar refractivity (Wildman–Crippen MR) is 56.2 cm³/mol. The number of carbonyl (C=O) groups is 1. The molecular formula is C9H12FN3O4. The van der Waals surface area contributed by atoms with Gasteiger partial charge in [0.25, 0.3) is 5.56 Å². The summed E-state index contributed by atoms with van der Waals surface area (Å²) < 4.78 is 13.4. The van der Waals surface area contributed by atoms with Gasteiger partial charge in [-0.05, 0) is 13.8 Å². The van der Waals surface area contributed by atoms with Gasteiger partial charge in [0.1, 0.15) is 6.54 Å². The predicted octanol–water partition coefficient (Wildman–Crippen LogP) is -1.09. The SMILES string of the molecule is CC(C)NC(=O)Cn1c(O)c(F)c(=O)[nH]c1=O. The van der Waals surface area contributed by atoms with Crippen molar-refractivity contribution in [2.24, 2.45) is 0 Å². The molecule has 1 heterocycles. The standard InChI is InChI=1S/C9H12FN3O4/c1-4(2)11-5(14)3-13-8(16)6(10)7(15)12-9(13)17/h4,16H,3H2,1-2H3,(H,11,14)(H,12,15,17). The van der Waals surface area contributed by atoms with Gasteiger partial charge < -0.3 is 10.4 Å². The second-order valence-corrected chi connectivity index (χ2v) is 3.71. The normalized spacial score (nSPS) is 10.6. The Labute approximate surface area is 94.9 Å². The molecule has 1 rings (SSSR count). The van der Waals surface area contributed by atoms with Gasteiger partial charge in [-0.25, -0.2) is 4.79 Å². The summed E-state index contributed by atoms with van der Waals surface area (Å²) in [6, 6.07) is -0.159. The maximum atomic E-state index is 13.0. The lowest BCUT2D eigenvalue weighted by molar-refractivity contribution is -0.122. The van der Waals surface area contributed by atoms with Crippen LogP contribution in [0.15, 0.2) is 9.59 Å². The minimum absolute atomic E-state index is 0.159. The van der Waals surface area contributed by atoms with Crippen molar-refractivity contribution in [1.82, 2.24) is 14.9 Å². The van der Waals surface area contributed by atoms with E-state index >= 15 is 0 Å². The van der Waals surface area contributed by atoms with E-state index in [0.29, 0.717) is 4.57 Å². The van der Waals surface area contributed by atoms with Crippen LogP contribution in [0.5, 0.6) is 5.88 Å². The Morgan fingerprint density at radius 3 is 2.65 bits per heavy atom. The summed E-state index contributed by atoms with van der Waals surface area (Å²) >= 11 is 0. The molecule has 1 aromatic heterocycles. The van der Waals surface area contributed by atoms with Crippen LogP contribution in [-0.2, 0) is 11.3 Å². The van der Waals surface area contributed by atoms with Crippen LogP contribution in [0.2, 0.25) is 0 Å². The molecular weight excluding hydrogens is 233 g/mol. The lowest BCUT2D eigenvalue weighted by Gasteiger charge is -2.10. The van der Waals surface area contributed by atoms with Crippen molar-refractivity contribution in [3.05, 3.63) is 26.7 Å². The molecule has 0 atom stereocenters. The van der Waals surface area contributed by atoms with Crippen LogP contribution >= 0.6 is 0 Å². The molecule has 0 spiro atoms. The van der Waals surface area contributed by atoms with Gasteiger partial charge in [-0.2, -0.15) is 4.39 Å². The highest BCUT2D eigenvalue weighted by atomic mass is 19.1. The first-order chi connectivity index (χ1) is 7.82. The molecule has 94 valence electrons. The number of nitrogens with one attached hydrogen (secondary N) is 2. The average Bonchev–Trinajstić information content (AvgIpc) is 2.20. The molecule has 0 fully saturated rings. The summed E-state index contributed by atoms with van der Waals surface area (Å²) in [7, 11) is 0. The molecule has 7 nitrogen and oxygen atoms in total. The first kappa shape index (κ1) is 12.9. The van der Waals surface area contributed by atoms with Gasteiger partial charge in [0.2, 0.25) is 17.6 Å². The van der Waals surface area contributed by atoms with E-state index in [-0.39, 0.29) is 6.04 Å². The number of H-pyrrole nitrogens is 1. The van der Waals surface area contributed by atoms with Crippen molar-refractivity contribution in [2.75, 3.05) is 0 Å². The quantitative estimate of drug-likeness (QED) is 0.629. The number of rotatable bonds is 3. The van der Waals surface area contributed by atoms with Crippen molar-refractivity contribution < 1.29 is 14.3 Å². The molecule has 17 heavy (non-hydrogen) atoms. The molecule has 0 aliphatic rings. The molecule has 0 bridgehead atoms. The maximum Gasteiger partial charge on any atom is 0.331 e. The number of amides is 1. The zero-order valence-electron chi connectivity index (χ0n) is 9.28. The van der Waals surface area contributed by atoms with Gasteiger partial charge in [0.05, 0.1) is 0 Å². The third-order valence-corrected chi connectivity index (χ3v) is 1.87. The minimum atomic E-state index is -1.50. The van der Waals surface area contributed by atoms with Crippen molar-refractivity contribution in [1.29, 1.82) is 0 Å². The third-order valence-electron chi connectivity index (χ3n) is 1.87. The Kier molecular flexibility index (Phi) is 3.66. The highest BCUT2D eigenvalue weighted by Gasteiger charge is 2.16. The molecule has 0 aliphatic carbocycles. The fourth-order valence-corrected chi connectivity index (χ4v) is 1.19. The van der Waals surface area contributed by atoms with E-state index in [4.69, 9.17) is 0 Å². The van der Waals surface area contributed by atoms with Gasteiger partial charge in [-0.3, -0.25) is 19.1 Å². The van der Waals surface area contributed by atoms with E-state index in [9.17, 15) is 23.9 Å². The molecule has 0 aromatic carbocycles. The zero-order valence-corrected chi connectivity index (χ0v) is 9.28. The summed E-state index contributed by atoms with van der Waals surface area (Å²) in [5.74, 6) is -3.23. The Balaban J connectivity index is 3.08. The van der Waals surface area contributed by atoms with Crippen LogP contribution in [0.3, 0.4) is 0 Å². The number of nitrogens with zero attached hydrogens (tertiary/aromatic N) is 1. The molecule has 1 aromatic rings. The van der Waals surface area contributed by atoms with Gasteiger partial charge in [0.15, 0.2) is 0 Å². The molecule has 1 amide bonds. The van der Waals surface area contributed by atoms with Crippen molar-refractivity contribution in [3.8, 4) is 5.88 Å². The van der Waals surface area contributed by atoms with Crippen LogP contribution in [0.4, 0.5) is 4.39 Å². The van der Waals surface area contributed by atoms with Crippen LogP contribution in [0, 0.1) is 5.82 Å². The Bertz CT molecular complexity index is 546. The fourth-order valence-electron chi connectivity index (χ4n) is 1.19. The van der Waals surface area contributed by atoms with E-state index in [2.05, 4.69) is 5.32 Å². The number of aromatic nitrogens is 2. The summed E-state index contributed by atoms with van der Waals surface area (Å²) in [6.45, 7) is 2.83. The second-order valence-electron chi connectivity index (χ2n) is 3.71. The zero-order chi connectivity index (χ0) is 13.2. The van der Waals surface area contributed by atoms with Crippen molar-refractivity contribution in [3.63, 3.8) is 0 Å². The topological polar surface area (TPSA) is 104 Å². The molecule has 0 saturated carbocycles. The summed E-state index contributed by atoms with van der Waals surface area (Å²) in [5.41, 5.74) is -2.37. The largest absolute Gasteiger partial charge is 0.492 e. The highest BCUT2D eigenvalue weighted by molar-refractivity contribution is 5.76. The number of carbonyl (C=O) groups excluding carboxylic acids is 1. The van der Waals surface area contributed by atoms with Gasteiger partial charge in [-0.1, -0.05) is 0 Å². The maximum absolute atomic E-state index is 13.0. The molecule has 8 heteroatoms. The Morgan fingerprint density at radius 1 is 1.53 bits per heavy atom. The first-order valence-electron chi connectivity index (χ1n) is 4.84. The third kappa shape index (κ3) is 2.92. The first-order valence-corrected chi connectivity index (χ1v) is 4.84. The minimum Gasteiger partial charge on any atom is -0.492 e. The average molecular weight is 245 g/mol. The molecule has 0 aliphatic heterocycles. The van der Waals surface area contributed by atoms with Crippen molar-refractivity contribution >= 4 is 5.91 Å². The highest BCUT2D eigenvalue weighted by Crippen LogP contribution is 2.06.